The van der Waals surface area contributed by atoms with Crippen LogP contribution in [0.25, 0.3) is 0 Å². The Kier molecular flexibility index (Phi) is 2.87. The van der Waals surface area contributed by atoms with Crippen molar-refractivity contribution in [3.8, 4) is 0 Å². The third kappa shape index (κ3) is 2.15. The lowest BCUT2D eigenvalue weighted by molar-refractivity contribution is -0.125. The number of amides is 1. The highest BCUT2D eigenvalue weighted by Crippen LogP contribution is 2.32. The minimum absolute atomic E-state index is 0.247. The second-order valence-electron chi connectivity index (χ2n) is 4.61. The van der Waals surface area contributed by atoms with E-state index in [4.69, 9.17) is 5.73 Å². The van der Waals surface area contributed by atoms with E-state index in [0.717, 1.165) is 24.6 Å². The van der Waals surface area contributed by atoms with Gasteiger partial charge in [0.2, 0.25) is 5.91 Å². The third-order valence-corrected chi connectivity index (χ3v) is 3.30. The SMILES string of the molecule is CNc1cc(N2CCC(C)(C(N)=O)C2)ncn1. The number of nitrogens with one attached hydrogen (secondary N) is 1. The molecular weight excluding hydrogens is 218 g/mol. The van der Waals surface area contributed by atoms with Gasteiger partial charge in [-0.05, 0) is 13.3 Å². The van der Waals surface area contributed by atoms with E-state index in [1.54, 1.807) is 0 Å². The number of anilines is 2. The van der Waals surface area contributed by atoms with Crippen molar-refractivity contribution in [3.05, 3.63) is 12.4 Å². The van der Waals surface area contributed by atoms with E-state index in [9.17, 15) is 4.79 Å². The van der Waals surface area contributed by atoms with Gasteiger partial charge in [0.15, 0.2) is 0 Å². The summed E-state index contributed by atoms with van der Waals surface area (Å²) in [5.74, 6) is 1.35. The van der Waals surface area contributed by atoms with Gasteiger partial charge >= 0.3 is 0 Å². The van der Waals surface area contributed by atoms with Gasteiger partial charge in [0.1, 0.15) is 18.0 Å². The van der Waals surface area contributed by atoms with Gasteiger partial charge in [0.25, 0.3) is 0 Å². The number of carbonyl (C=O) groups is 1. The van der Waals surface area contributed by atoms with Crippen LogP contribution in [-0.2, 0) is 4.79 Å². The summed E-state index contributed by atoms with van der Waals surface area (Å²) in [6.45, 7) is 3.30. The van der Waals surface area contributed by atoms with Gasteiger partial charge in [-0.15, -0.1) is 0 Å². The number of primary amides is 1. The van der Waals surface area contributed by atoms with Crippen LogP contribution >= 0.6 is 0 Å². The Labute approximate surface area is 100 Å². The lowest BCUT2D eigenvalue weighted by Gasteiger charge is -2.21. The van der Waals surface area contributed by atoms with E-state index in [0.29, 0.717) is 6.54 Å². The summed E-state index contributed by atoms with van der Waals surface area (Å²) in [7, 11) is 1.81. The Morgan fingerprint density at radius 3 is 2.94 bits per heavy atom. The summed E-state index contributed by atoms with van der Waals surface area (Å²) >= 11 is 0. The van der Waals surface area contributed by atoms with Crippen molar-refractivity contribution < 1.29 is 4.79 Å². The first-order valence-corrected chi connectivity index (χ1v) is 5.60. The topological polar surface area (TPSA) is 84.1 Å². The van der Waals surface area contributed by atoms with Gasteiger partial charge in [-0.25, -0.2) is 9.97 Å². The summed E-state index contributed by atoms with van der Waals surface area (Å²) in [6.07, 6.45) is 2.28. The molecule has 6 nitrogen and oxygen atoms in total. The number of hydrogen-bond acceptors (Lipinski definition) is 5. The maximum absolute atomic E-state index is 11.4. The molecule has 1 unspecified atom stereocenters. The zero-order valence-corrected chi connectivity index (χ0v) is 10.1. The lowest BCUT2D eigenvalue weighted by Crippen LogP contribution is -2.37. The van der Waals surface area contributed by atoms with E-state index < -0.39 is 5.41 Å². The Morgan fingerprint density at radius 2 is 2.35 bits per heavy atom. The van der Waals surface area contributed by atoms with Crippen molar-refractivity contribution in [1.29, 1.82) is 0 Å². The lowest BCUT2D eigenvalue weighted by atomic mass is 9.89. The summed E-state index contributed by atoms with van der Waals surface area (Å²) in [5, 5.41) is 2.96. The summed E-state index contributed by atoms with van der Waals surface area (Å²) in [4.78, 5) is 21.7. The fourth-order valence-electron chi connectivity index (χ4n) is 2.01. The van der Waals surface area contributed by atoms with Crippen LogP contribution in [0.5, 0.6) is 0 Å². The quantitative estimate of drug-likeness (QED) is 0.783. The Morgan fingerprint density at radius 1 is 1.59 bits per heavy atom. The summed E-state index contributed by atoms with van der Waals surface area (Å²) in [5.41, 5.74) is 4.96. The molecule has 1 amide bonds. The standard InChI is InChI=1S/C11H17N5O/c1-11(10(12)17)3-4-16(6-11)9-5-8(13-2)14-7-15-9/h5,7H,3-4,6H2,1-2H3,(H2,12,17)(H,13,14,15). The molecule has 1 aromatic heterocycles. The highest BCUT2D eigenvalue weighted by Gasteiger charge is 2.39. The number of carbonyl (C=O) groups excluding carboxylic acids is 1. The van der Waals surface area contributed by atoms with Gasteiger partial charge in [-0.3, -0.25) is 4.79 Å². The molecule has 1 atom stereocenters. The van der Waals surface area contributed by atoms with E-state index in [1.807, 2.05) is 20.0 Å². The molecule has 0 saturated carbocycles. The van der Waals surface area contributed by atoms with Gasteiger partial charge < -0.3 is 16.0 Å². The highest BCUT2D eigenvalue weighted by atomic mass is 16.1. The molecule has 0 radical (unpaired) electrons. The molecule has 3 N–H and O–H groups in total. The third-order valence-electron chi connectivity index (χ3n) is 3.30. The maximum Gasteiger partial charge on any atom is 0.225 e. The predicted octanol–water partition coefficient (Wildman–Crippen LogP) is 0.220. The normalized spacial score (nSPS) is 23.8. The van der Waals surface area contributed by atoms with E-state index in [2.05, 4.69) is 20.2 Å². The van der Waals surface area contributed by atoms with Crippen molar-refractivity contribution in [1.82, 2.24) is 9.97 Å². The minimum atomic E-state index is -0.454. The fourth-order valence-corrected chi connectivity index (χ4v) is 2.01. The van der Waals surface area contributed by atoms with E-state index in [1.165, 1.54) is 6.33 Å². The molecule has 1 aromatic rings. The number of nitrogens with zero attached hydrogens (tertiary/aromatic N) is 3. The summed E-state index contributed by atoms with van der Waals surface area (Å²) in [6, 6.07) is 1.87. The van der Waals surface area contributed by atoms with Gasteiger partial charge in [-0.1, -0.05) is 0 Å². The predicted molar refractivity (Wildman–Crippen MR) is 65.7 cm³/mol. The van der Waals surface area contributed by atoms with Crippen LogP contribution in [0.2, 0.25) is 0 Å². The molecule has 1 aliphatic rings. The van der Waals surface area contributed by atoms with Crippen LogP contribution in [0.15, 0.2) is 12.4 Å². The molecule has 17 heavy (non-hydrogen) atoms. The fraction of sp³-hybridized carbons (Fsp3) is 0.545. The van der Waals surface area contributed by atoms with Crippen molar-refractivity contribution in [2.75, 3.05) is 30.4 Å². The molecule has 2 rings (SSSR count). The van der Waals surface area contributed by atoms with Crippen LogP contribution < -0.4 is 16.0 Å². The average Bonchev–Trinajstić information content (AvgIpc) is 2.74. The van der Waals surface area contributed by atoms with Crippen LogP contribution in [0.1, 0.15) is 13.3 Å². The average molecular weight is 235 g/mol. The second kappa shape index (κ2) is 4.20. The maximum atomic E-state index is 11.4. The highest BCUT2D eigenvalue weighted by molar-refractivity contribution is 5.82. The smallest absolute Gasteiger partial charge is 0.225 e. The first-order chi connectivity index (χ1) is 8.05. The first kappa shape index (κ1) is 11.6. The molecular formula is C11H17N5O. The second-order valence-corrected chi connectivity index (χ2v) is 4.61. The van der Waals surface area contributed by atoms with Crippen LogP contribution in [-0.4, -0.2) is 36.0 Å². The molecule has 6 heteroatoms. The van der Waals surface area contributed by atoms with Crippen molar-refractivity contribution in [3.63, 3.8) is 0 Å². The first-order valence-electron chi connectivity index (χ1n) is 5.60. The largest absolute Gasteiger partial charge is 0.373 e. The summed E-state index contributed by atoms with van der Waals surface area (Å²) < 4.78 is 0. The molecule has 1 fully saturated rings. The van der Waals surface area contributed by atoms with Crippen LogP contribution in [0, 0.1) is 5.41 Å². The monoisotopic (exact) mass is 235 g/mol. The molecule has 92 valence electrons. The van der Waals surface area contributed by atoms with Gasteiger partial charge in [-0.2, -0.15) is 0 Å². The number of aromatic nitrogens is 2. The Balaban J connectivity index is 2.17. The molecule has 0 spiro atoms. The zero-order valence-electron chi connectivity index (χ0n) is 10.1. The molecule has 1 saturated heterocycles. The number of rotatable bonds is 3. The van der Waals surface area contributed by atoms with E-state index >= 15 is 0 Å². The molecule has 1 aliphatic heterocycles. The van der Waals surface area contributed by atoms with Crippen molar-refractivity contribution in [2.45, 2.75) is 13.3 Å². The Hall–Kier alpha value is -1.85. The zero-order chi connectivity index (χ0) is 12.5. The van der Waals surface area contributed by atoms with Crippen molar-refractivity contribution >= 4 is 17.5 Å². The van der Waals surface area contributed by atoms with Gasteiger partial charge in [0.05, 0.1) is 5.41 Å². The molecule has 2 heterocycles. The minimum Gasteiger partial charge on any atom is -0.373 e. The number of hydrogen-bond donors (Lipinski definition) is 2. The van der Waals surface area contributed by atoms with Gasteiger partial charge in [0, 0.05) is 26.2 Å². The number of nitrogens with two attached hydrogens (primary N) is 1. The van der Waals surface area contributed by atoms with E-state index in [-0.39, 0.29) is 5.91 Å². The van der Waals surface area contributed by atoms with Crippen molar-refractivity contribution in [2.24, 2.45) is 11.1 Å². The Bertz CT molecular complexity index is 436. The molecule has 0 aliphatic carbocycles. The molecule has 0 bridgehead atoms. The van der Waals surface area contributed by atoms with Crippen LogP contribution in [0.4, 0.5) is 11.6 Å². The molecule has 0 aromatic carbocycles. The van der Waals surface area contributed by atoms with Crippen LogP contribution in [0.3, 0.4) is 0 Å².